The first-order valence-corrected chi connectivity index (χ1v) is 8.82. The summed E-state index contributed by atoms with van der Waals surface area (Å²) in [6, 6.07) is 16.8. The van der Waals surface area contributed by atoms with Gasteiger partial charge in [0, 0.05) is 60.5 Å². The zero-order valence-corrected chi connectivity index (χ0v) is 15.1. The molecule has 0 saturated heterocycles. The molecule has 0 amide bonds. The molecule has 130 valence electrons. The Kier molecular flexibility index (Phi) is 4.40. The molecule has 0 unspecified atom stereocenters. The van der Waals surface area contributed by atoms with Crippen LogP contribution in [0.1, 0.15) is 11.4 Å². The quantitative estimate of drug-likeness (QED) is 0.385. The molecule has 0 fully saturated rings. The summed E-state index contributed by atoms with van der Waals surface area (Å²) in [6.45, 7) is 1.36. The molecule has 0 aliphatic carbocycles. The highest BCUT2D eigenvalue weighted by molar-refractivity contribution is 6.00. The zero-order valence-electron chi connectivity index (χ0n) is 15.1. The zero-order chi connectivity index (χ0) is 17.9. The molecule has 0 spiro atoms. The van der Waals surface area contributed by atoms with Crippen LogP contribution in [0.2, 0.25) is 0 Å². The third-order valence-corrected chi connectivity index (χ3v) is 4.68. The number of fused-ring (bicyclic) bond motifs is 2. The van der Waals surface area contributed by atoms with Gasteiger partial charge in [-0.1, -0.05) is 48.5 Å². The van der Waals surface area contributed by atoms with Crippen molar-refractivity contribution >= 4 is 34.0 Å². The standard InChI is InChI=1S/C22H22N4/c1-25-15-17-7-3-5-9-19(17)21(25)13-23-11-12-24-14-22-20-10-6-4-8-18(20)16-26(22)2/h3-10,13-16H,11-12H2,1-2H3/b23-13-,24-14-. The van der Waals surface area contributed by atoms with Crippen LogP contribution >= 0.6 is 0 Å². The van der Waals surface area contributed by atoms with E-state index in [9.17, 15) is 0 Å². The average molecular weight is 342 g/mol. The van der Waals surface area contributed by atoms with Crippen molar-refractivity contribution in [1.29, 1.82) is 0 Å². The maximum atomic E-state index is 4.56. The van der Waals surface area contributed by atoms with Crippen molar-refractivity contribution in [3.8, 4) is 0 Å². The summed E-state index contributed by atoms with van der Waals surface area (Å²) < 4.78 is 4.24. The molecule has 2 aromatic heterocycles. The third-order valence-electron chi connectivity index (χ3n) is 4.68. The van der Waals surface area contributed by atoms with Gasteiger partial charge in [0.25, 0.3) is 0 Å². The summed E-state index contributed by atoms with van der Waals surface area (Å²) in [5.74, 6) is 0. The number of aryl methyl sites for hydroxylation is 2. The Bertz CT molecular complexity index is 1020. The highest BCUT2D eigenvalue weighted by Crippen LogP contribution is 2.19. The first-order chi connectivity index (χ1) is 12.7. The van der Waals surface area contributed by atoms with Gasteiger partial charge in [-0.15, -0.1) is 0 Å². The lowest BCUT2D eigenvalue weighted by molar-refractivity contribution is 0.914. The number of benzene rings is 2. The molecular weight excluding hydrogens is 320 g/mol. The summed E-state index contributed by atoms with van der Waals surface area (Å²) in [5, 5.41) is 4.95. The summed E-state index contributed by atoms with van der Waals surface area (Å²) in [6.07, 6.45) is 8.18. The maximum Gasteiger partial charge on any atom is 0.0665 e. The number of rotatable bonds is 5. The van der Waals surface area contributed by atoms with Crippen LogP contribution in [0.15, 0.2) is 70.9 Å². The van der Waals surface area contributed by atoms with Crippen LogP contribution in [0.4, 0.5) is 0 Å². The van der Waals surface area contributed by atoms with Crippen LogP contribution in [0.5, 0.6) is 0 Å². The molecule has 2 heterocycles. The highest BCUT2D eigenvalue weighted by Gasteiger charge is 2.04. The molecule has 0 atom stereocenters. The number of hydrogen-bond acceptors (Lipinski definition) is 2. The maximum absolute atomic E-state index is 4.56. The van der Waals surface area contributed by atoms with Crippen LogP contribution < -0.4 is 0 Å². The fourth-order valence-corrected chi connectivity index (χ4v) is 3.36. The van der Waals surface area contributed by atoms with E-state index < -0.39 is 0 Å². The predicted molar refractivity (Wildman–Crippen MR) is 111 cm³/mol. The van der Waals surface area contributed by atoms with Crippen molar-refractivity contribution in [3.05, 3.63) is 72.3 Å². The van der Waals surface area contributed by atoms with Gasteiger partial charge < -0.3 is 9.13 Å². The van der Waals surface area contributed by atoms with E-state index >= 15 is 0 Å². The molecule has 0 saturated carbocycles. The summed E-state index contributed by atoms with van der Waals surface area (Å²) >= 11 is 0. The Hall–Kier alpha value is -3.14. The van der Waals surface area contributed by atoms with Crippen molar-refractivity contribution < 1.29 is 0 Å². The minimum atomic E-state index is 0.679. The molecular formula is C22H22N4. The molecule has 0 aliphatic rings. The molecule has 4 aromatic rings. The lowest BCUT2D eigenvalue weighted by atomic mass is 10.2. The summed E-state index contributed by atoms with van der Waals surface area (Å²) in [7, 11) is 4.11. The van der Waals surface area contributed by atoms with Gasteiger partial charge in [-0.2, -0.15) is 0 Å². The van der Waals surface area contributed by atoms with E-state index in [-0.39, 0.29) is 0 Å². The van der Waals surface area contributed by atoms with Gasteiger partial charge >= 0.3 is 0 Å². The Labute approximate surface area is 153 Å². The topological polar surface area (TPSA) is 34.6 Å². The number of aromatic nitrogens is 2. The fourth-order valence-electron chi connectivity index (χ4n) is 3.36. The van der Waals surface area contributed by atoms with Gasteiger partial charge in [-0.05, 0) is 0 Å². The van der Waals surface area contributed by atoms with Crippen LogP contribution in [-0.4, -0.2) is 34.7 Å². The van der Waals surface area contributed by atoms with Gasteiger partial charge in [0.05, 0.1) is 24.5 Å². The Balaban J connectivity index is 1.43. The van der Waals surface area contributed by atoms with E-state index in [1.807, 2.05) is 12.4 Å². The van der Waals surface area contributed by atoms with Gasteiger partial charge in [-0.3, -0.25) is 9.98 Å². The smallest absolute Gasteiger partial charge is 0.0665 e. The largest absolute Gasteiger partial charge is 0.349 e. The minimum Gasteiger partial charge on any atom is -0.349 e. The Morgan fingerprint density at radius 1 is 0.692 bits per heavy atom. The molecule has 0 bridgehead atoms. The van der Waals surface area contributed by atoms with E-state index in [2.05, 4.69) is 94.1 Å². The minimum absolute atomic E-state index is 0.679. The van der Waals surface area contributed by atoms with E-state index in [1.54, 1.807) is 0 Å². The monoisotopic (exact) mass is 342 g/mol. The summed E-state index contributed by atoms with van der Waals surface area (Å²) in [4.78, 5) is 9.12. The van der Waals surface area contributed by atoms with Crippen LogP contribution in [-0.2, 0) is 14.1 Å². The third kappa shape index (κ3) is 3.06. The van der Waals surface area contributed by atoms with Gasteiger partial charge in [0.15, 0.2) is 0 Å². The second-order valence-electron chi connectivity index (χ2n) is 6.50. The van der Waals surface area contributed by atoms with Crippen LogP contribution in [0, 0.1) is 0 Å². The number of nitrogens with zero attached hydrogens (tertiary/aromatic N) is 4. The van der Waals surface area contributed by atoms with Gasteiger partial charge in [0.1, 0.15) is 0 Å². The van der Waals surface area contributed by atoms with Crippen molar-refractivity contribution in [2.75, 3.05) is 13.1 Å². The molecule has 0 radical (unpaired) electrons. The molecule has 4 heteroatoms. The second kappa shape index (κ2) is 7.00. The Morgan fingerprint density at radius 3 is 1.58 bits per heavy atom. The van der Waals surface area contributed by atoms with E-state index in [0.717, 1.165) is 11.4 Å². The van der Waals surface area contributed by atoms with Crippen molar-refractivity contribution in [3.63, 3.8) is 0 Å². The molecule has 26 heavy (non-hydrogen) atoms. The molecule has 4 rings (SSSR count). The number of hydrogen-bond donors (Lipinski definition) is 0. The molecule has 0 aliphatic heterocycles. The summed E-state index contributed by atoms with van der Waals surface area (Å²) in [5.41, 5.74) is 2.27. The lowest BCUT2D eigenvalue weighted by Crippen LogP contribution is -1.97. The molecule has 0 N–H and O–H groups in total. The normalized spacial score (nSPS) is 12.2. The SMILES string of the molecule is Cn1cc2ccccc2c1/C=N\CC/N=C\c1c2ccccc2cn1C. The predicted octanol–water partition coefficient (Wildman–Crippen LogP) is 4.21. The fraction of sp³-hybridized carbons (Fsp3) is 0.182. The van der Waals surface area contributed by atoms with Crippen LogP contribution in [0.25, 0.3) is 21.5 Å². The lowest BCUT2D eigenvalue weighted by Gasteiger charge is -1.98. The first kappa shape index (κ1) is 16.3. The molecule has 2 aromatic carbocycles. The van der Waals surface area contributed by atoms with E-state index in [4.69, 9.17) is 0 Å². The van der Waals surface area contributed by atoms with Crippen molar-refractivity contribution in [2.45, 2.75) is 0 Å². The van der Waals surface area contributed by atoms with Gasteiger partial charge in [0.2, 0.25) is 0 Å². The number of aliphatic imine (C=N–C) groups is 2. The second-order valence-corrected chi connectivity index (χ2v) is 6.50. The van der Waals surface area contributed by atoms with Crippen molar-refractivity contribution in [2.24, 2.45) is 24.1 Å². The molecule has 4 nitrogen and oxygen atoms in total. The highest BCUT2D eigenvalue weighted by atomic mass is 15.0. The van der Waals surface area contributed by atoms with Crippen LogP contribution in [0.3, 0.4) is 0 Å². The Morgan fingerprint density at radius 2 is 1.12 bits per heavy atom. The van der Waals surface area contributed by atoms with Crippen molar-refractivity contribution in [1.82, 2.24) is 9.13 Å². The van der Waals surface area contributed by atoms with E-state index in [1.165, 1.54) is 21.5 Å². The first-order valence-electron chi connectivity index (χ1n) is 8.82. The average Bonchev–Trinajstić information content (AvgIpc) is 3.14. The van der Waals surface area contributed by atoms with Gasteiger partial charge in [-0.25, -0.2) is 0 Å². The van der Waals surface area contributed by atoms with E-state index in [0.29, 0.717) is 13.1 Å².